The first kappa shape index (κ1) is 50.3. The fraction of sp³-hybridized carbons (Fsp3) is 0.351. The maximum Gasteiger partial charge on any atom is 0.252 e. The number of nitrogens with zero attached hydrogens (tertiary/aromatic N) is 3. The SMILES string of the molecule is Cc1ccccc1N(c1cc2c3c(c1)N(c1ccc4oc5ccccc5c4c1)c1cc4c(cc1B3c1cc3c(cc1N2c1ccc2c(c1)C(C)(C)CCC2(C)C)C(C)(C)CCC3(C)C)C(C)(C)CCC4(C)C)c1ccccc1C. The maximum atomic E-state index is 6.61. The molecule has 8 aromatic carbocycles. The van der Waals surface area contributed by atoms with E-state index in [1.165, 1.54) is 107 Å². The number of aryl methyl sites for hydroxylation is 2. The van der Waals surface area contributed by atoms with E-state index in [2.05, 4.69) is 257 Å². The van der Waals surface area contributed by atoms with Gasteiger partial charge >= 0.3 is 0 Å². The van der Waals surface area contributed by atoms with Crippen LogP contribution in [0.5, 0.6) is 0 Å². The Kier molecular flexibility index (Phi) is 10.7. The topological polar surface area (TPSA) is 22.9 Å². The number of hydrogen-bond donors (Lipinski definition) is 0. The molecule has 3 heterocycles. The van der Waals surface area contributed by atoms with Crippen LogP contribution in [-0.4, -0.2) is 6.71 Å². The number of fused-ring (bicyclic) bond motifs is 10. The Morgan fingerprint density at radius 2 is 0.785 bits per heavy atom. The highest BCUT2D eigenvalue weighted by Crippen LogP contribution is 2.56. The van der Waals surface area contributed by atoms with Crippen molar-refractivity contribution in [1.29, 1.82) is 0 Å². The van der Waals surface area contributed by atoms with Crippen LogP contribution in [0.4, 0.5) is 51.2 Å². The molecule has 0 radical (unpaired) electrons. The second kappa shape index (κ2) is 16.8. The molecule has 14 rings (SSSR count). The van der Waals surface area contributed by atoms with Gasteiger partial charge in [0.25, 0.3) is 6.71 Å². The van der Waals surface area contributed by atoms with E-state index in [4.69, 9.17) is 4.42 Å². The molecule has 2 aliphatic heterocycles. The van der Waals surface area contributed by atoms with Gasteiger partial charge in [0.05, 0.1) is 5.69 Å². The van der Waals surface area contributed by atoms with Gasteiger partial charge < -0.3 is 19.1 Å². The van der Waals surface area contributed by atoms with E-state index < -0.39 is 0 Å². The molecule has 79 heavy (non-hydrogen) atoms. The highest BCUT2D eigenvalue weighted by Gasteiger charge is 2.49. The highest BCUT2D eigenvalue weighted by atomic mass is 16.3. The predicted molar refractivity (Wildman–Crippen MR) is 338 cm³/mol. The molecule has 398 valence electrons. The lowest BCUT2D eigenvalue weighted by Gasteiger charge is -2.49. The second-order valence-corrected chi connectivity index (χ2v) is 28.6. The molecule has 0 atom stereocenters. The van der Waals surface area contributed by atoms with Gasteiger partial charge in [-0.25, -0.2) is 0 Å². The van der Waals surface area contributed by atoms with Crippen LogP contribution in [0.15, 0.2) is 150 Å². The van der Waals surface area contributed by atoms with Crippen LogP contribution in [0.2, 0.25) is 0 Å². The standard InChI is InChI=1S/C74H78BN3O/c1-45-21-15-18-24-60(45)78(61-25-19-16-22-46(61)2)49-39-64-68-65(40-49)77(48-27-29-52-53(38-48)70(5,6)32-31-69(52,3)4)63-44-57-55(72(9,10)34-36-74(57,13)14)42-59(63)75(68)58-41-54-56(73(11,12)35-33-71(54,7)8)43-62(58)76(64)47-28-30-67-51(37-47)50-23-17-20-26-66(50)79-67/h15-30,37-44H,31-36H2,1-14H3. The first-order valence-corrected chi connectivity index (χ1v) is 29.6. The van der Waals surface area contributed by atoms with E-state index in [1.54, 1.807) is 0 Å². The van der Waals surface area contributed by atoms with Gasteiger partial charge in [0.1, 0.15) is 11.2 Å². The van der Waals surface area contributed by atoms with Crippen molar-refractivity contribution < 1.29 is 4.42 Å². The smallest absolute Gasteiger partial charge is 0.252 e. The van der Waals surface area contributed by atoms with Gasteiger partial charge in [-0.3, -0.25) is 0 Å². The summed E-state index contributed by atoms with van der Waals surface area (Å²) in [6, 6.07) is 57.0. The van der Waals surface area contributed by atoms with Crippen LogP contribution in [0, 0.1) is 13.8 Å². The zero-order valence-corrected chi connectivity index (χ0v) is 49.4. The molecule has 5 aliphatic rings. The monoisotopic (exact) mass is 1040 g/mol. The summed E-state index contributed by atoms with van der Waals surface area (Å²) in [5, 5.41) is 2.27. The van der Waals surface area contributed by atoms with E-state index in [0.29, 0.717) is 0 Å². The van der Waals surface area contributed by atoms with E-state index in [9.17, 15) is 0 Å². The number of hydrogen-bond acceptors (Lipinski definition) is 4. The van der Waals surface area contributed by atoms with E-state index in [0.717, 1.165) is 65.4 Å². The Labute approximate surface area is 470 Å². The third-order valence-corrected chi connectivity index (χ3v) is 20.7. The average Bonchev–Trinajstić information content (AvgIpc) is 3.60. The molecule has 3 aliphatic carbocycles. The minimum atomic E-state index is -0.0503. The molecule has 0 spiro atoms. The zero-order valence-electron chi connectivity index (χ0n) is 49.4. The van der Waals surface area contributed by atoms with Gasteiger partial charge in [0.2, 0.25) is 0 Å². The third-order valence-electron chi connectivity index (χ3n) is 20.7. The molecular formula is C74H78BN3O. The second-order valence-electron chi connectivity index (χ2n) is 28.6. The summed E-state index contributed by atoms with van der Waals surface area (Å²) < 4.78 is 6.61. The minimum absolute atomic E-state index is 0.000962. The van der Waals surface area contributed by atoms with E-state index in [1.807, 2.05) is 0 Å². The lowest BCUT2D eigenvalue weighted by atomic mass is 9.32. The highest BCUT2D eigenvalue weighted by molar-refractivity contribution is 7.00. The number of furan rings is 1. The first-order chi connectivity index (χ1) is 37.4. The van der Waals surface area contributed by atoms with Crippen LogP contribution in [0.25, 0.3) is 21.9 Å². The molecule has 0 N–H and O–H groups in total. The van der Waals surface area contributed by atoms with Crippen molar-refractivity contribution in [2.45, 2.75) is 168 Å². The van der Waals surface area contributed by atoms with Crippen molar-refractivity contribution in [1.82, 2.24) is 0 Å². The summed E-state index contributed by atoms with van der Waals surface area (Å²) in [6.45, 7) is 34.4. The summed E-state index contributed by atoms with van der Waals surface area (Å²) >= 11 is 0. The zero-order chi connectivity index (χ0) is 55.1. The van der Waals surface area contributed by atoms with Crippen molar-refractivity contribution in [3.05, 3.63) is 190 Å². The van der Waals surface area contributed by atoms with Crippen molar-refractivity contribution in [3.63, 3.8) is 0 Å². The Bertz CT molecular complexity index is 4000. The molecule has 0 unspecified atom stereocenters. The van der Waals surface area contributed by atoms with Crippen molar-refractivity contribution >= 4 is 96.2 Å². The molecule has 5 heteroatoms. The van der Waals surface area contributed by atoms with Gasteiger partial charge in [0, 0.05) is 56.3 Å². The van der Waals surface area contributed by atoms with Crippen LogP contribution >= 0.6 is 0 Å². The lowest BCUT2D eigenvalue weighted by molar-refractivity contribution is 0.332. The van der Waals surface area contributed by atoms with Crippen molar-refractivity contribution in [2.75, 3.05) is 14.7 Å². The molecule has 9 aromatic rings. The van der Waals surface area contributed by atoms with Crippen LogP contribution in [-0.2, 0) is 32.5 Å². The number of benzene rings is 8. The van der Waals surface area contributed by atoms with Gasteiger partial charge in [-0.1, -0.05) is 156 Å². The third kappa shape index (κ3) is 7.46. The lowest BCUT2D eigenvalue weighted by Crippen LogP contribution is -2.62. The van der Waals surface area contributed by atoms with Crippen molar-refractivity contribution in [2.24, 2.45) is 0 Å². The Balaban J connectivity index is 1.17. The number of para-hydroxylation sites is 3. The predicted octanol–water partition coefficient (Wildman–Crippen LogP) is 18.8. The largest absolute Gasteiger partial charge is 0.456 e. The summed E-state index contributed by atoms with van der Waals surface area (Å²) in [5.74, 6) is 0. The van der Waals surface area contributed by atoms with Crippen LogP contribution in [0.1, 0.15) is 166 Å². The Hall–Kier alpha value is -6.98. The molecule has 0 saturated heterocycles. The maximum absolute atomic E-state index is 6.61. The molecule has 0 amide bonds. The molecular weight excluding hydrogens is 958 g/mol. The molecule has 0 saturated carbocycles. The summed E-state index contributed by atoms with van der Waals surface area (Å²) in [4.78, 5) is 7.97. The Morgan fingerprint density at radius 3 is 1.29 bits per heavy atom. The van der Waals surface area contributed by atoms with Gasteiger partial charge in [0.15, 0.2) is 0 Å². The van der Waals surface area contributed by atoms with Gasteiger partial charge in [-0.05, 0) is 219 Å². The Morgan fingerprint density at radius 1 is 0.380 bits per heavy atom. The summed E-state index contributed by atoms with van der Waals surface area (Å²) in [7, 11) is 0. The van der Waals surface area contributed by atoms with Crippen LogP contribution < -0.4 is 31.1 Å². The summed E-state index contributed by atoms with van der Waals surface area (Å²) in [5.41, 5.74) is 28.3. The number of rotatable bonds is 5. The normalized spacial score (nSPS) is 19.2. The van der Waals surface area contributed by atoms with Gasteiger partial charge in [-0.2, -0.15) is 0 Å². The average molecular weight is 1040 g/mol. The van der Waals surface area contributed by atoms with E-state index >= 15 is 0 Å². The molecule has 0 fully saturated rings. The number of anilines is 9. The summed E-state index contributed by atoms with van der Waals surface area (Å²) in [6.07, 6.45) is 6.91. The fourth-order valence-electron chi connectivity index (χ4n) is 15.4. The first-order valence-electron chi connectivity index (χ1n) is 29.6. The van der Waals surface area contributed by atoms with Gasteiger partial charge in [-0.15, -0.1) is 0 Å². The van der Waals surface area contributed by atoms with Crippen LogP contribution in [0.3, 0.4) is 0 Å². The molecule has 1 aromatic heterocycles. The van der Waals surface area contributed by atoms with Crippen molar-refractivity contribution in [3.8, 4) is 0 Å². The minimum Gasteiger partial charge on any atom is -0.456 e. The molecule has 0 bridgehead atoms. The quantitative estimate of drug-likeness (QED) is 0.160. The molecule has 4 nitrogen and oxygen atoms in total. The fourth-order valence-corrected chi connectivity index (χ4v) is 15.4. The van der Waals surface area contributed by atoms with E-state index in [-0.39, 0.29) is 39.2 Å².